The predicted molar refractivity (Wildman–Crippen MR) is 175 cm³/mol. The first-order chi connectivity index (χ1) is 24.6. The molecule has 2 unspecified atom stereocenters. The van der Waals surface area contributed by atoms with E-state index >= 15 is 0 Å². The second-order valence-electron chi connectivity index (χ2n) is 10.7. The molecule has 10 N–H and O–H groups in total. The topological polar surface area (TPSA) is 398 Å². The van der Waals surface area contributed by atoms with Gasteiger partial charge in [-0.15, -0.1) is 0 Å². The second-order valence-corrected chi connectivity index (χ2v) is 15.1. The highest BCUT2D eigenvalue weighted by Crippen LogP contribution is 2.66. The lowest BCUT2D eigenvalue weighted by molar-refractivity contribution is -0.393. The molecule has 2 heterocycles. The number of carbonyl (C=O) groups excluding carboxylic acids is 1. The largest absolute Gasteiger partial charge is 0.490 e. The van der Waals surface area contributed by atoms with Crippen molar-refractivity contribution in [3.05, 3.63) is 60.7 Å². The highest BCUT2D eigenvalue weighted by Gasteiger charge is 2.47. The van der Waals surface area contributed by atoms with Crippen LogP contribution in [-0.4, -0.2) is 93.1 Å². The first-order valence-corrected chi connectivity index (χ1v) is 19.2. The molecule has 2 aromatic rings. The molecule has 1 fully saturated rings. The minimum absolute atomic E-state index is 0.0818. The highest BCUT2D eigenvalue weighted by molar-refractivity contribution is 7.66. The number of nitrogens with zero attached hydrogens (tertiary/aromatic N) is 4. The van der Waals surface area contributed by atoms with E-state index in [1.807, 2.05) is 0 Å². The maximum atomic E-state index is 12.5. The van der Waals surface area contributed by atoms with Crippen molar-refractivity contribution in [2.75, 3.05) is 30.7 Å². The lowest BCUT2D eigenvalue weighted by atomic mass is 10.1. The number of anilines is 2. The molecule has 292 valence electrons. The number of hydrogen-bond donors (Lipinski definition) is 9. The Morgan fingerprint density at radius 2 is 1.74 bits per heavy atom. The molecule has 3 rings (SSSR count). The summed E-state index contributed by atoms with van der Waals surface area (Å²) in [6.07, 6.45) is -4.57. The molecule has 1 aliphatic heterocycles. The number of non-ortho nitro benzene ring substituents is 1. The monoisotopic (exact) mass is 815 g/mol. The summed E-state index contributed by atoms with van der Waals surface area (Å²) in [6.45, 7) is -1.01. The summed E-state index contributed by atoms with van der Waals surface area (Å²) in [4.78, 5) is 85.0. The normalized spacial score (nSPS) is 20.7. The average molecular weight is 815 g/mol. The molecule has 0 bridgehead atoms. The van der Waals surface area contributed by atoms with Gasteiger partial charge in [-0.3, -0.25) is 34.1 Å². The summed E-state index contributed by atoms with van der Waals surface area (Å²) < 4.78 is 51.8. The number of amides is 1. The third-order valence-corrected chi connectivity index (χ3v) is 10.6. The van der Waals surface area contributed by atoms with Crippen LogP contribution in [0.2, 0.25) is 0 Å². The summed E-state index contributed by atoms with van der Waals surface area (Å²) in [7, 11) is -17.1. The van der Waals surface area contributed by atoms with E-state index < -0.39 is 81.5 Å². The molecule has 26 nitrogen and oxygen atoms in total. The number of phosphoric ester groups is 1. The van der Waals surface area contributed by atoms with Gasteiger partial charge in [0.1, 0.15) is 29.8 Å². The van der Waals surface area contributed by atoms with E-state index in [1.54, 1.807) is 0 Å². The molecule has 29 heteroatoms. The molecule has 1 amide bonds. The summed E-state index contributed by atoms with van der Waals surface area (Å²) >= 11 is 0. The van der Waals surface area contributed by atoms with Gasteiger partial charge in [0.25, 0.3) is 11.4 Å². The maximum absolute atomic E-state index is 12.5. The van der Waals surface area contributed by atoms with Crippen molar-refractivity contribution in [3.8, 4) is 11.8 Å². The van der Waals surface area contributed by atoms with Crippen molar-refractivity contribution in [3.63, 3.8) is 0 Å². The molecular formula is C24H32N7O19P3. The summed E-state index contributed by atoms with van der Waals surface area (Å²) in [5, 5.41) is 48.3. The van der Waals surface area contributed by atoms with Crippen LogP contribution in [-0.2, 0) is 36.4 Å². The fourth-order valence-corrected chi connectivity index (χ4v) is 7.47. The molecule has 0 saturated carbocycles. The van der Waals surface area contributed by atoms with Crippen molar-refractivity contribution in [2.24, 2.45) is 0 Å². The number of aliphatic hydroxyl groups is 2. The van der Waals surface area contributed by atoms with E-state index in [4.69, 9.17) is 20.3 Å². The number of rotatable bonds is 18. The zero-order chi connectivity index (χ0) is 39.7. The Labute approximate surface area is 296 Å². The molecule has 1 saturated heterocycles. The molecule has 1 aromatic carbocycles. The summed E-state index contributed by atoms with van der Waals surface area (Å²) in [5.41, 5.74) is 3.84. The number of ether oxygens (including phenoxy) is 1. The van der Waals surface area contributed by atoms with Crippen LogP contribution in [0.4, 0.5) is 22.9 Å². The molecule has 0 aliphatic carbocycles. The standard InChI is InChI=1S/C24H32N7O19P3/c25-22-14(5-4-10-27-19(32)6-2-1-3-9-26-16-8-7-15(30(36)37)11-17(16)31(38)39)12-29(24(35)28-22)23-21(34)20(33)18(48-23)13-47-52(43,44)50-53(45,46)49-51(40,41)42/h7-8,11-12,18,20-21,23,26,33-34H,1-3,6,9-10,13H2,(H,27,32)(H,43,44)(H,45,46)(H2,25,28,35)(H2,40,41,42)/t18-,20-,21-,23-/m1/s1. The highest BCUT2D eigenvalue weighted by atomic mass is 31.3. The van der Waals surface area contributed by atoms with Gasteiger partial charge in [-0.2, -0.15) is 13.6 Å². The zero-order valence-corrected chi connectivity index (χ0v) is 29.5. The van der Waals surface area contributed by atoms with Crippen molar-refractivity contribution in [2.45, 2.75) is 50.2 Å². The Hall–Kier alpha value is -4.18. The van der Waals surface area contributed by atoms with Crippen LogP contribution in [0.15, 0.2) is 29.2 Å². The number of unbranched alkanes of at least 4 members (excludes halogenated alkanes) is 2. The number of nitro groups is 2. The van der Waals surface area contributed by atoms with Crippen molar-refractivity contribution in [1.29, 1.82) is 0 Å². The maximum Gasteiger partial charge on any atom is 0.490 e. The molecule has 6 atom stereocenters. The van der Waals surface area contributed by atoms with Crippen molar-refractivity contribution in [1.82, 2.24) is 14.9 Å². The summed E-state index contributed by atoms with van der Waals surface area (Å²) in [5.74, 6) is 4.44. The third kappa shape index (κ3) is 13.3. The van der Waals surface area contributed by atoms with Gasteiger partial charge in [0.15, 0.2) is 6.23 Å². The molecule has 1 aliphatic rings. The minimum atomic E-state index is -5.83. The predicted octanol–water partition coefficient (Wildman–Crippen LogP) is -0.255. The van der Waals surface area contributed by atoms with E-state index in [0.717, 1.165) is 18.3 Å². The molecule has 1 aromatic heterocycles. The van der Waals surface area contributed by atoms with Crippen molar-refractivity contribution >= 4 is 52.3 Å². The van der Waals surface area contributed by atoms with Gasteiger partial charge in [0.2, 0.25) is 5.91 Å². The SMILES string of the molecule is Nc1nc(=O)n([C@@H]2O[C@H](COP(=O)(O)OP(=O)(O)OP(=O)(O)O)[C@@H](O)[C@H]2O)cc1C#CCNC(=O)CCCCCNc1ccc([N+](=O)[O-])cc1[N+](=O)[O-]. The number of benzene rings is 1. The Bertz CT molecular complexity index is 1960. The smallest absolute Gasteiger partial charge is 0.387 e. The van der Waals surface area contributed by atoms with Crippen LogP contribution < -0.4 is 22.1 Å². The van der Waals surface area contributed by atoms with E-state index in [-0.39, 0.29) is 35.9 Å². The first kappa shape index (κ1) is 43.2. The van der Waals surface area contributed by atoms with Gasteiger partial charge in [-0.25, -0.2) is 18.5 Å². The average Bonchev–Trinajstić information content (AvgIpc) is 3.31. The lowest BCUT2D eigenvalue weighted by Crippen LogP contribution is -2.36. The van der Waals surface area contributed by atoms with Crippen LogP contribution >= 0.6 is 23.5 Å². The Morgan fingerprint density at radius 1 is 1.04 bits per heavy atom. The van der Waals surface area contributed by atoms with Crippen molar-refractivity contribution < 1.29 is 76.0 Å². The van der Waals surface area contributed by atoms with Gasteiger partial charge in [0, 0.05) is 25.2 Å². The van der Waals surface area contributed by atoms with E-state index in [0.29, 0.717) is 30.4 Å². The quantitative estimate of drug-likeness (QED) is 0.0308. The first-order valence-electron chi connectivity index (χ1n) is 14.7. The fraction of sp³-hybridized carbons (Fsp3) is 0.458. The number of aromatic nitrogens is 2. The number of aliphatic hydroxyl groups excluding tert-OH is 2. The van der Waals surface area contributed by atoms with E-state index in [2.05, 4.69) is 40.6 Å². The summed E-state index contributed by atoms with van der Waals surface area (Å²) in [6, 6.07) is 3.23. The Balaban J connectivity index is 1.49. The fourth-order valence-electron chi connectivity index (χ4n) is 4.44. The number of nitrogens with one attached hydrogen (secondary N) is 2. The molecule has 0 spiro atoms. The van der Waals surface area contributed by atoms with Crippen LogP contribution in [0.3, 0.4) is 0 Å². The number of nitrogen functional groups attached to an aromatic ring is 1. The van der Waals surface area contributed by atoms with E-state index in [1.165, 1.54) is 6.07 Å². The Morgan fingerprint density at radius 3 is 2.38 bits per heavy atom. The number of carbonyl (C=O) groups is 1. The molecule has 53 heavy (non-hydrogen) atoms. The van der Waals surface area contributed by atoms with Crippen LogP contribution in [0.1, 0.15) is 37.5 Å². The van der Waals surface area contributed by atoms with E-state index in [9.17, 15) is 63.5 Å². The zero-order valence-electron chi connectivity index (χ0n) is 26.8. The molecule has 0 radical (unpaired) electrons. The van der Waals surface area contributed by atoms with Crippen LogP contribution in [0.25, 0.3) is 0 Å². The number of nitrogens with two attached hydrogens (primary N) is 1. The number of nitro benzene ring substituents is 2. The number of phosphoric acid groups is 3. The van der Waals surface area contributed by atoms with Gasteiger partial charge >= 0.3 is 29.2 Å². The third-order valence-electron chi connectivity index (χ3n) is 6.79. The second kappa shape index (κ2) is 18.2. The van der Waals surface area contributed by atoms with Crippen LogP contribution in [0.5, 0.6) is 0 Å². The molecular weight excluding hydrogens is 783 g/mol. The number of hydrogen-bond acceptors (Lipinski definition) is 18. The van der Waals surface area contributed by atoms with Gasteiger partial charge in [0.05, 0.1) is 34.6 Å². The van der Waals surface area contributed by atoms with Crippen LogP contribution in [0, 0.1) is 32.1 Å². The van der Waals surface area contributed by atoms with Gasteiger partial charge < -0.3 is 50.9 Å². The van der Waals surface area contributed by atoms with Gasteiger partial charge in [-0.1, -0.05) is 18.3 Å². The van der Waals surface area contributed by atoms with Gasteiger partial charge in [-0.05, 0) is 18.9 Å². The minimum Gasteiger partial charge on any atom is -0.387 e. The lowest BCUT2D eigenvalue weighted by Gasteiger charge is -2.19. The Kier molecular flexibility index (Phi) is 14.9.